The van der Waals surface area contributed by atoms with Crippen LogP contribution in [0.15, 0.2) is 35.0 Å². The fourth-order valence-corrected chi connectivity index (χ4v) is 3.15. The first kappa shape index (κ1) is 19.9. The van der Waals surface area contributed by atoms with E-state index >= 15 is 0 Å². The second kappa shape index (κ2) is 7.47. The third-order valence-corrected chi connectivity index (χ3v) is 4.84. The molecule has 2 N–H and O–H groups in total. The van der Waals surface area contributed by atoms with Gasteiger partial charge in [-0.2, -0.15) is 13.2 Å². The first-order chi connectivity index (χ1) is 14.2. The minimum absolute atomic E-state index is 0.0920. The Bertz CT molecular complexity index is 1080. The van der Waals surface area contributed by atoms with Gasteiger partial charge in [0, 0.05) is 24.0 Å². The maximum absolute atomic E-state index is 13.7. The molecule has 2 aromatic heterocycles. The Balaban J connectivity index is 1.53. The van der Waals surface area contributed by atoms with Gasteiger partial charge >= 0.3 is 12.2 Å². The van der Waals surface area contributed by atoms with Crippen molar-refractivity contribution in [1.82, 2.24) is 15.3 Å². The van der Waals surface area contributed by atoms with Crippen LogP contribution >= 0.6 is 0 Å². The number of nitrogens with zero attached hydrogens (tertiary/aromatic N) is 3. The number of aryl methyl sites for hydroxylation is 1. The van der Waals surface area contributed by atoms with Crippen LogP contribution in [0.25, 0.3) is 11.0 Å². The number of rotatable bonds is 4. The first-order valence-electron chi connectivity index (χ1n) is 9.12. The van der Waals surface area contributed by atoms with Crippen molar-refractivity contribution >= 4 is 28.6 Å². The van der Waals surface area contributed by atoms with E-state index in [2.05, 4.69) is 15.3 Å². The molecule has 1 aromatic carbocycles. The Hall–Kier alpha value is -3.37. The monoisotopic (exact) mass is 423 g/mol. The molecule has 0 unspecified atom stereocenters. The zero-order valence-corrected chi connectivity index (χ0v) is 15.8. The van der Waals surface area contributed by atoms with Gasteiger partial charge < -0.3 is 20.0 Å². The van der Waals surface area contributed by atoms with E-state index in [1.165, 1.54) is 25.4 Å². The van der Waals surface area contributed by atoms with Gasteiger partial charge in [-0.25, -0.2) is 19.2 Å². The van der Waals surface area contributed by atoms with Gasteiger partial charge in [-0.15, -0.1) is 0 Å². The van der Waals surface area contributed by atoms with Crippen LogP contribution in [0, 0.1) is 12.7 Å². The van der Waals surface area contributed by atoms with Crippen LogP contribution in [0.5, 0.6) is 0 Å². The number of fused-ring (bicyclic) bond motifs is 1. The molecule has 1 fully saturated rings. The summed E-state index contributed by atoms with van der Waals surface area (Å²) in [6, 6.07) is -0.117. The smallest absolute Gasteiger partial charge is 0.416 e. The molecule has 3 aromatic rings. The van der Waals surface area contributed by atoms with Crippen LogP contribution in [0.1, 0.15) is 23.8 Å². The predicted molar refractivity (Wildman–Crippen MR) is 101 cm³/mol. The van der Waals surface area contributed by atoms with Crippen molar-refractivity contribution in [2.75, 3.05) is 23.3 Å². The number of carbonyl (C=O) groups excluding carboxylic acids is 1. The SMILES string of the molecule is Cc1c([C@@H](NC(=O)Nc2cnc(N3CCC3)nc2)C(F)(F)F)oc2ccc(F)cc12. The summed E-state index contributed by atoms with van der Waals surface area (Å²) in [5.41, 5.74) is 0.325. The Morgan fingerprint density at radius 1 is 1.23 bits per heavy atom. The molecule has 11 heteroatoms. The zero-order valence-electron chi connectivity index (χ0n) is 15.8. The molecule has 1 atom stereocenters. The molecule has 4 rings (SSSR count). The Labute approximate surface area is 168 Å². The summed E-state index contributed by atoms with van der Waals surface area (Å²) in [5.74, 6) is -0.623. The molecule has 0 aliphatic carbocycles. The van der Waals surface area contributed by atoms with Gasteiger partial charge in [0.25, 0.3) is 0 Å². The van der Waals surface area contributed by atoms with E-state index < -0.39 is 29.8 Å². The standard InChI is InChI=1S/C19H17F4N5O2/c1-10-13-7-11(20)3-4-14(13)30-15(10)16(19(21,22)23)27-18(29)26-12-8-24-17(25-9-12)28-5-2-6-28/h3-4,7-9,16H,2,5-6H2,1H3,(H2,26,27,29)/t16-/m1/s1. The number of nitrogens with one attached hydrogen (secondary N) is 2. The molecule has 1 saturated heterocycles. The van der Waals surface area contributed by atoms with Crippen molar-refractivity contribution < 1.29 is 26.8 Å². The Morgan fingerprint density at radius 3 is 2.53 bits per heavy atom. The number of aromatic nitrogens is 2. The summed E-state index contributed by atoms with van der Waals surface area (Å²) in [7, 11) is 0. The molecule has 2 amide bonds. The number of benzene rings is 1. The third-order valence-electron chi connectivity index (χ3n) is 4.84. The quantitative estimate of drug-likeness (QED) is 0.612. The van der Waals surface area contributed by atoms with Gasteiger partial charge in [-0.3, -0.25) is 0 Å². The highest BCUT2D eigenvalue weighted by molar-refractivity contribution is 5.89. The van der Waals surface area contributed by atoms with Crippen molar-refractivity contribution in [3.8, 4) is 0 Å². The highest BCUT2D eigenvalue weighted by atomic mass is 19.4. The van der Waals surface area contributed by atoms with E-state index in [4.69, 9.17) is 4.42 Å². The molecular formula is C19H17F4N5O2. The summed E-state index contributed by atoms with van der Waals surface area (Å²) >= 11 is 0. The minimum atomic E-state index is -4.84. The predicted octanol–water partition coefficient (Wildman–Crippen LogP) is 4.31. The van der Waals surface area contributed by atoms with E-state index in [0.717, 1.165) is 31.6 Å². The topological polar surface area (TPSA) is 83.3 Å². The van der Waals surface area contributed by atoms with Crippen LogP contribution in [0.2, 0.25) is 0 Å². The summed E-state index contributed by atoms with van der Waals surface area (Å²) in [4.78, 5) is 22.3. The fraction of sp³-hybridized carbons (Fsp3) is 0.316. The zero-order chi connectivity index (χ0) is 21.5. The summed E-state index contributed by atoms with van der Waals surface area (Å²) in [6.45, 7) is 3.05. The number of hydrogen-bond acceptors (Lipinski definition) is 5. The van der Waals surface area contributed by atoms with Crippen LogP contribution in [0.4, 0.5) is 34.0 Å². The van der Waals surface area contributed by atoms with Gasteiger partial charge in [-0.05, 0) is 31.5 Å². The highest BCUT2D eigenvalue weighted by Gasteiger charge is 2.45. The Kier molecular flexibility index (Phi) is 4.96. The summed E-state index contributed by atoms with van der Waals surface area (Å²) < 4.78 is 59.8. The van der Waals surface area contributed by atoms with Gasteiger partial charge in [0.15, 0.2) is 6.04 Å². The largest absolute Gasteiger partial charge is 0.458 e. The van der Waals surface area contributed by atoms with Gasteiger partial charge in [0.2, 0.25) is 5.95 Å². The number of carbonyl (C=O) groups is 1. The lowest BCUT2D eigenvalue weighted by Crippen LogP contribution is -2.40. The molecule has 1 aliphatic rings. The summed E-state index contributed by atoms with van der Waals surface area (Å²) in [6.07, 6.45) is -1.17. The van der Waals surface area contributed by atoms with E-state index in [-0.39, 0.29) is 22.2 Å². The maximum atomic E-state index is 13.7. The number of amides is 2. The van der Waals surface area contributed by atoms with Crippen molar-refractivity contribution in [2.45, 2.75) is 25.6 Å². The van der Waals surface area contributed by atoms with Crippen molar-refractivity contribution in [2.24, 2.45) is 0 Å². The highest BCUT2D eigenvalue weighted by Crippen LogP contribution is 2.38. The first-order valence-corrected chi connectivity index (χ1v) is 9.12. The minimum Gasteiger partial charge on any atom is -0.458 e. The van der Waals surface area contributed by atoms with Gasteiger partial charge in [-0.1, -0.05) is 0 Å². The lowest BCUT2D eigenvalue weighted by molar-refractivity contribution is -0.158. The molecule has 1 aliphatic heterocycles. The van der Waals surface area contributed by atoms with E-state index in [9.17, 15) is 22.4 Å². The number of halogens is 4. The number of urea groups is 1. The molecule has 7 nitrogen and oxygen atoms in total. The normalized spacial score (nSPS) is 15.0. The summed E-state index contributed by atoms with van der Waals surface area (Å²) in [5, 5.41) is 4.36. The van der Waals surface area contributed by atoms with Crippen LogP contribution in [-0.4, -0.2) is 35.3 Å². The molecule has 0 spiro atoms. The molecular weight excluding hydrogens is 406 g/mol. The van der Waals surface area contributed by atoms with Gasteiger partial charge in [0.05, 0.1) is 18.1 Å². The number of anilines is 2. The second-order valence-corrected chi connectivity index (χ2v) is 6.92. The Morgan fingerprint density at radius 2 is 1.93 bits per heavy atom. The lowest BCUT2D eigenvalue weighted by Gasteiger charge is -2.30. The van der Waals surface area contributed by atoms with Crippen LogP contribution < -0.4 is 15.5 Å². The molecule has 158 valence electrons. The molecule has 0 bridgehead atoms. The van der Waals surface area contributed by atoms with Crippen molar-refractivity contribution in [3.63, 3.8) is 0 Å². The van der Waals surface area contributed by atoms with Crippen LogP contribution in [-0.2, 0) is 0 Å². The van der Waals surface area contributed by atoms with E-state index in [1.54, 1.807) is 0 Å². The molecule has 0 saturated carbocycles. The molecule has 0 radical (unpaired) electrons. The second-order valence-electron chi connectivity index (χ2n) is 6.92. The number of alkyl halides is 3. The number of hydrogen-bond donors (Lipinski definition) is 2. The van der Waals surface area contributed by atoms with Crippen molar-refractivity contribution in [3.05, 3.63) is 47.7 Å². The average Bonchev–Trinajstić information content (AvgIpc) is 2.95. The van der Waals surface area contributed by atoms with E-state index in [0.29, 0.717) is 5.95 Å². The molecule has 30 heavy (non-hydrogen) atoms. The van der Waals surface area contributed by atoms with Crippen molar-refractivity contribution in [1.29, 1.82) is 0 Å². The van der Waals surface area contributed by atoms with Gasteiger partial charge in [0.1, 0.15) is 17.2 Å². The average molecular weight is 423 g/mol. The van der Waals surface area contributed by atoms with Crippen LogP contribution in [0.3, 0.4) is 0 Å². The molecule has 3 heterocycles. The maximum Gasteiger partial charge on any atom is 0.416 e. The van der Waals surface area contributed by atoms with E-state index in [1.807, 2.05) is 10.2 Å². The fourth-order valence-electron chi connectivity index (χ4n) is 3.15. The number of furan rings is 1. The lowest BCUT2D eigenvalue weighted by atomic mass is 10.1. The third kappa shape index (κ3) is 3.87.